The van der Waals surface area contributed by atoms with Gasteiger partial charge >= 0.3 is 0 Å². The minimum Gasteiger partial charge on any atom is -0.374 e. The van der Waals surface area contributed by atoms with Gasteiger partial charge in [-0.3, -0.25) is 0 Å². The molecule has 5 nitrogen and oxygen atoms in total. The van der Waals surface area contributed by atoms with Crippen LogP contribution in [0.1, 0.15) is 19.7 Å². The Morgan fingerprint density at radius 2 is 2.11 bits per heavy atom. The Kier molecular flexibility index (Phi) is 7.78. The van der Waals surface area contributed by atoms with Gasteiger partial charge in [-0.15, -0.1) is 11.8 Å². The predicted molar refractivity (Wildman–Crippen MR) is 80.8 cm³/mol. The van der Waals surface area contributed by atoms with Crippen LogP contribution in [0.4, 0.5) is 5.82 Å². The molecule has 0 aliphatic carbocycles. The predicted octanol–water partition coefficient (Wildman–Crippen LogP) is 2.10. The van der Waals surface area contributed by atoms with Gasteiger partial charge in [0.25, 0.3) is 0 Å². The molecule has 0 bridgehead atoms. The molecule has 19 heavy (non-hydrogen) atoms. The zero-order valence-electron chi connectivity index (χ0n) is 12.3. The molecule has 1 rings (SSSR count). The Labute approximate surface area is 120 Å². The van der Waals surface area contributed by atoms with Gasteiger partial charge in [-0.2, -0.15) is 0 Å². The number of ether oxygens (including phenoxy) is 1. The molecular weight excluding hydrogens is 260 g/mol. The maximum atomic E-state index is 5.38. The van der Waals surface area contributed by atoms with Crippen LogP contribution in [-0.2, 0) is 11.3 Å². The van der Waals surface area contributed by atoms with Crippen LogP contribution in [0.5, 0.6) is 0 Å². The summed E-state index contributed by atoms with van der Waals surface area (Å²) in [4.78, 5) is 11.1. The topological polar surface area (TPSA) is 50.3 Å². The molecule has 1 aromatic rings. The second kappa shape index (κ2) is 9.12. The highest BCUT2D eigenvalue weighted by Gasteiger charge is 2.05. The fourth-order valence-electron chi connectivity index (χ4n) is 1.41. The number of anilines is 1. The van der Waals surface area contributed by atoms with Crippen molar-refractivity contribution >= 4 is 17.6 Å². The van der Waals surface area contributed by atoms with Gasteiger partial charge in [-0.1, -0.05) is 0 Å². The van der Waals surface area contributed by atoms with Gasteiger partial charge in [0.2, 0.25) is 0 Å². The molecule has 0 aromatic carbocycles. The van der Waals surface area contributed by atoms with Crippen molar-refractivity contribution in [2.24, 2.45) is 0 Å². The van der Waals surface area contributed by atoms with Crippen molar-refractivity contribution < 1.29 is 4.74 Å². The number of hydrogen-bond acceptors (Lipinski definition) is 6. The molecule has 0 fully saturated rings. The fraction of sp³-hybridized carbons (Fsp3) is 0.692. The first kappa shape index (κ1) is 16.2. The highest BCUT2D eigenvalue weighted by molar-refractivity contribution is 7.99. The molecule has 0 spiro atoms. The third kappa shape index (κ3) is 6.75. The van der Waals surface area contributed by atoms with Crippen LogP contribution >= 0.6 is 11.8 Å². The van der Waals surface area contributed by atoms with Crippen molar-refractivity contribution in [3.63, 3.8) is 0 Å². The van der Waals surface area contributed by atoms with E-state index in [0.717, 1.165) is 35.5 Å². The molecule has 6 heteroatoms. The number of nitrogens with zero attached hydrogens (tertiary/aromatic N) is 3. The third-order valence-corrected chi connectivity index (χ3v) is 3.22. The Morgan fingerprint density at radius 1 is 1.32 bits per heavy atom. The molecule has 0 atom stereocenters. The summed E-state index contributed by atoms with van der Waals surface area (Å²) < 4.78 is 5.38. The molecule has 0 unspecified atom stereocenters. The minimum absolute atomic E-state index is 0.469. The van der Waals surface area contributed by atoms with Crippen LogP contribution in [0, 0.1) is 0 Å². The lowest BCUT2D eigenvalue weighted by Crippen LogP contribution is -2.15. The standard InChI is InChI=1S/C13H24N4OS/c1-5-14-11-9-13(19-8-7-17(3)4)16-12(15-11)10-18-6-2/h9H,5-8,10H2,1-4H3,(H,14,15,16). The van der Waals surface area contributed by atoms with Crippen LogP contribution < -0.4 is 5.32 Å². The molecule has 0 amide bonds. The second-order valence-electron chi connectivity index (χ2n) is 4.33. The first-order valence-corrected chi connectivity index (χ1v) is 7.61. The summed E-state index contributed by atoms with van der Waals surface area (Å²) in [5.41, 5.74) is 0. The second-order valence-corrected chi connectivity index (χ2v) is 5.44. The van der Waals surface area contributed by atoms with E-state index in [9.17, 15) is 0 Å². The number of hydrogen-bond donors (Lipinski definition) is 1. The molecule has 0 radical (unpaired) electrons. The smallest absolute Gasteiger partial charge is 0.157 e. The Bertz CT molecular complexity index is 374. The summed E-state index contributed by atoms with van der Waals surface area (Å²) in [7, 11) is 4.15. The van der Waals surface area contributed by atoms with E-state index < -0.39 is 0 Å². The van der Waals surface area contributed by atoms with Gasteiger partial charge in [0.05, 0.1) is 0 Å². The van der Waals surface area contributed by atoms with E-state index in [1.165, 1.54) is 0 Å². The van der Waals surface area contributed by atoms with Crippen LogP contribution in [0.25, 0.3) is 0 Å². The summed E-state index contributed by atoms with van der Waals surface area (Å²) in [6.07, 6.45) is 0. The lowest BCUT2D eigenvalue weighted by atomic mass is 10.5. The molecule has 0 aliphatic heterocycles. The Morgan fingerprint density at radius 3 is 2.74 bits per heavy atom. The van der Waals surface area contributed by atoms with E-state index in [-0.39, 0.29) is 0 Å². The number of thioether (sulfide) groups is 1. The molecule has 1 N–H and O–H groups in total. The Hall–Kier alpha value is -0.850. The monoisotopic (exact) mass is 284 g/mol. The highest BCUT2D eigenvalue weighted by atomic mass is 32.2. The van der Waals surface area contributed by atoms with Gasteiger partial charge < -0.3 is 15.0 Å². The van der Waals surface area contributed by atoms with Crippen molar-refractivity contribution in [3.8, 4) is 0 Å². The van der Waals surface area contributed by atoms with Gasteiger partial charge in [0, 0.05) is 31.5 Å². The molecule has 108 valence electrons. The largest absolute Gasteiger partial charge is 0.374 e. The fourth-order valence-corrected chi connectivity index (χ4v) is 2.44. The van der Waals surface area contributed by atoms with Gasteiger partial charge in [0.15, 0.2) is 5.82 Å². The molecule has 0 saturated heterocycles. The average molecular weight is 284 g/mol. The van der Waals surface area contributed by atoms with E-state index in [2.05, 4.69) is 41.2 Å². The van der Waals surface area contributed by atoms with E-state index in [4.69, 9.17) is 4.74 Å². The highest BCUT2D eigenvalue weighted by Crippen LogP contribution is 2.19. The number of nitrogens with one attached hydrogen (secondary N) is 1. The van der Waals surface area contributed by atoms with Crippen LogP contribution in [-0.4, -0.2) is 54.4 Å². The summed E-state index contributed by atoms with van der Waals surface area (Å²) >= 11 is 1.75. The molecule has 0 aliphatic rings. The van der Waals surface area contributed by atoms with Gasteiger partial charge in [0.1, 0.15) is 17.5 Å². The quantitative estimate of drug-likeness (QED) is 0.553. The van der Waals surface area contributed by atoms with E-state index >= 15 is 0 Å². The van der Waals surface area contributed by atoms with Crippen LogP contribution in [0.2, 0.25) is 0 Å². The van der Waals surface area contributed by atoms with E-state index in [1.54, 1.807) is 11.8 Å². The van der Waals surface area contributed by atoms with Gasteiger partial charge in [-0.05, 0) is 27.9 Å². The maximum absolute atomic E-state index is 5.38. The Balaban J connectivity index is 2.68. The normalized spacial score (nSPS) is 11.0. The number of aromatic nitrogens is 2. The van der Waals surface area contributed by atoms with E-state index in [1.807, 2.05) is 13.0 Å². The summed E-state index contributed by atoms with van der Waals surface area (Å²) in [6.45, 7) is 7.07. The maximum Gasteiger partial charge on any atom is 0.157 e. The first-order chi connectivity index (χ1) is 9.15. The summed E-state index contributed by atoms with van der Waals surface area (Å²) in [6, 6.07) is 2.00. The first-order valence-electron chi connectivity index (χ1n) is 6.62. The summed E-state index contributed by atoms with van der Waals surface area (Å²) in [5.74, 6) is 2.64. The van der Waals surface area contributed by atoms with Crippen molar-refractivity contribution in [2.75, 3.05) is 44.9 Å². The molecular formula is C13H24N4OS. The molecule has 1 aromatic heterocycles. The SMILES string of the molecule is CCNc1cc(SCCN(C)C)nc(COCC)n1. The lowest BCUT2D eigenvalue weighted by Gasteiger charge is -2.10. The zero-order chi connectivity index (χ0) is 14.1. The minimum atomic E-state index is 0.469. The van der Waals surface area contributed by atoms with Crippen LogP contribution in [0.3, 0.4) is 0 Å². The third-order valence-electron chi connectivity index (χ3n) is 2.33. The van der Waals surface area contributed by atoms with Crippen molar-refractivity contribution in [1.29, 1.82) is 0 Å². The average Bonchev–Trinajstić information content (AvgIpc) is 2.36. The van der Waals surface area contributed by atoms with Crippen molar-refractivity contribution in [3.05, 3.63) is 11.9 Å². The van der Waals surface area contributed by atoms with E-state index in [0.29, 0.717) is 13.2 Å². The summed E-state index contributed by atoms with van der Waals surface area (Å²) in [5, 5.41) is 4.24. The van der Waals surface area contributed by atoms with Crippen molar-refractivity contribution in [1.82, 2.24) is 14.9 Å². The lowest BCUT2D eigenvalue weighted by molar-refractivity contribution is 0.128. The zero-order valence-corrected chi connectivity index (χ0v) is 13.1. The molecule has 1 heterocycles. The van der Waals surface area contributed by atoms with Gasteiger partial charge in [-0.25, -0.2) is 9.97 Å². The number of rotatable bonds is 9. The van der Waals surface area contributed by atoms with Crippen molar-refractivity contribution in [2.45, 2.75) is 25.5 Å². The van der Waals surface area contributed by atoms with Crippen LogP contribution in [0.15, 0.2) is 11.1 Å². The molecule has 0 saturated carbocycles.